The molecule has 19 heavy (non-hydrogen) atoms. The molecule has 0 atom stereocenters. The fraction of sp³-hybridized carbons (Fsp3) is 0.600. The maximum absolute atomic E-state index is 13.0. The summed E-state index contributed by atoms with van der Waals surface area (Å²) < 4.78 is 13.0. The topological polar surface area (TPSA) is 42.0 Å². The quantitative estimate of drug-likeness (QED) is 0.848. The van der Waals surface area contributed by atoms with Crippen molar-refractivity contribution in [3.63, 3.8) is 0 Å². The molecule has 1 aromatic rings. The fourth-order valence-corrected chi connectivity index (χ4v) is 2.82. The van der Waals surface area contributed by atoms with Crippen molar-refractivity contribution in [1.29, 1.82) is 0 Å². The minimum Gasteiger partial charge on any atom is -0.349 e. The summed E-state index contributed by atoms with van der Waals surface area (Å²) in [6.07, 6.45) is 8.28. The van der Waals surface area contributed by atoms with E-state index >= 15 is 0 Å². The molecule has 0 radical (unpaired) electrons. The Balaban J connectivity index is 1.84. The molecule has 1 aliphatic rings. The van der Waals surface area contributed by atoms with Gasteiger partial charge in [-0.05, 0) is 37.7 Å². The van der Waals surface area contributed by atoms with Gasteiger partial charge in [0.1, 0.15) is 0 Å². The van der Waals surface area contributed by atoms with Crippen molar-refractivity contribution in [2.75, 3.05) is 0 Å². The predicted molar refractivity (Wildman–Crippen MR) is 72.3 cm³/mol. The van der Waals surface area contributed by atoms with Crippen molar-refractivity contribution in [3.8, 4) is 0 Å². The Hall–Kier alpha value is -1.45. The predicted octanol–water partition coefficient (Wildman–Crippen LogP) is 3.31. The van der Waals surface area contributed by atoms with E-state index in [0.717, 1.165) is 18.8 Å². The van der Waals surface area contributed by atoms with Crippen molar-refractivity contribution < 1.29 is 9.18 Å². The maximum Gasteiger partial charge on any atom is 0.251 e. The van der Waals surface area contributed by atoms with Crippen LogP contribution in [0.15, 0.2) is 18.3 Å². The number of carbonyl (C=O) groups excluding carboxylic acids is 1. The number of nitrogens with one attached hydrogen (secondary N) is 1. The van der Waals surface area contributed by atoms with Gasteiger partial charge in [-0.2, -0.15) is 4.39 Å². The second kappa shape index (κ2) is 6.64. The van der Waals surface area contributed by atoms with Crippen LogP contribution in [0.25, 0.3) is 0 Å². The number of halogens is 1. The molecular weight excluding hydrogens is 243 g/mol. The molecule has 1 aliphatic carbocycles. The van der Waals surface area contributed by atoms with E-state index in [2.05, 4.69) is 17.2 Å². The maximum atomic E-state index is 13.0. The lowest BCUT2D eigenvalue weighted by molar-refractivity contribution is 0.0920. The zero-order valence-corrected chi connectivity index (χ0v) is 11.4. The molecule has 1 N–H and O–H groups in total. The summed E-state index contributed by atoms with van der Waals surface area (Å²) >= 11 is 0. The normalized spacial score (nSPS) is 23.1. The van der Waals surface area contributed by atoms with Gasteiger partial charge in [-0.3, -0.25) is 4.79 Å². The SMILES string of the molecule is CCCC1CCC(NC(=O)c2ccnc(F)c2)CC1. The van der Waals surface area contributed by atoms with Crippen LogP contribution in [0, 0.1) is 11.9 Å². The van der Waals surface area contributed by atoms with Crippen molar-refractivity contribution in [1.82, 2.24) is 10.3 Å². The molecule has 1 fully saturated rings. The summed E-state index contributed by atoms with van der Waals surface area (Å²) in [7, 11) is 0. The van der Waals surface area contributed by atoms with Crippen LogP contribution in [0.4, 0.5) is 4.39 Å². The first kappa shape index (κ1) is 14.0. The summed E-state index contributed by atoms with van der Waals surface area (Å²) in [5, 5.41) is 2.99. The minimum absolute atomic E-state index is 0.194. The van der Waals surface area contributed by atoms with Gasteiger partial charge in [0.05, 0.1) is 0 Å². The molecule has 2 rings (SSSR count). The zero-order valence-electron chi connectivity index (χ0n) is 11.4. The van der Waals surface area contributed by atoms with Gasteiger partial charge in [-0.15, -0.1) is 0 Å². The average molecular weight is 264 g/mol. The van der Waals surface area contributed by atoms with Crippen molar-refractivity contribution >= 4 is 5.91 Å². The van der Waals surface area contributed by atoms with Crippen LogP contribution in [-0.2, 0) is 0 Å². The van der Waals surface area contributed by atoms with Crippen LogP contribution < -0.4 is 5.32 Å². The van der Waals surface area contributed by atoms with E-state index in [4.69, 9.17) is 0 Å². The Labute approximate surface area is 113 Å². The van der Waals surface area contributed by atoms with E-state index in [-0.39, 0.29) is 11.9 Å². The van der Waals surface area contributed by atoms with E-state index in [9.17, 15) is 9.18 Å². The number of aromatic nitrogens is 1. The summed E-state index contributed by atoms with van der Waals surface area (Å²) in [4.78, 5) is 15.4. The van der Waals surface area contributed by atoms with Crippen molar-refractivity contribution in [2.45, 2.75) is 51.5 Å². The lowest BCUT2D eigenvalue weighted by atomic mass is 9.83. The number of carbonyl (C=O) groups is 1. The Bertz CT molecular complexity index is 428. The second-order valence-electron chi connectivity index (χ2n) is 5.35. The number of nitrogens with zero attached hydrogens (tertiary/aromatic N) is 1. The molecule has 104 valence electrons. The van der Waals surface area contributed by atoms with Crippen molar-refractivity contribution in [2.24, 2.45) is 5.92 Å². The van der Waals surface area contributed by atoms with Gasteiger partial charge >= 0.3 is 0 Å². The van der Waals surface area contributed by atoms with Crippen LogP contribution in [0.5, 0.6) is 0 Å². The smallest absolute Gasteiger partial charge is 0.251 e. The molecule has 3 nitrogen and oxygen atoms in total. The molecule has 0 aliphatic heterocycles. The molecule has 0 saturated heterocycles. The van der Waals surface area contributed by atoms with Gasteiger partial charge in [0.2, 0.25) is 5.95 Å². The zero-order chi connectivity index (χ0) is 13.7. The highest BCUT2D eigenvalue weighted by Gasteiger charge is 2.22. The first-order valence-corrected chi connectivity index (χ1v) is 7.11. The summed E-state index contributed by atoms with van der Waals surface area (Å²) in [6.45, 7) is 2.21. The van der Waals surface area contributed by atoms with E-state index in [0.29, 0.717) is 5.56 Å². The first-order valence-electron chi connectivity index (χ1n) is 7.11. The van der Waals surface area contributed by atoms with Crippen LogP contribution in [0.1, 0.15) is 55.8 Å². The fourth-order valence-electron chi connectivity index (χ4n) is 2.82. The van der Waals surface area contributed by atoms with Crippen molar-refractivity contribution in [3.05, 3.63) is 29.8 Å². The number of hydrogen-bond acceptors (Lipinski definition) is 2. The van der Waals surface area contributed by atoms with Gasteiger partial charge < -0.3 is 5.32 Å². The highest BCUT2D eigenvalue weighted by molar-refractivity contribution is 5.94. The lowest BCUT2D eigenvalue weighted by Gasteiger charge is -2.28. The van der Waals surface area contributed by atoms with Crippen LogP contribution in [0.3, 0.4) is 0 Å². The Morgan fingerprint density at radius 3 is 2.79 bits per heavy atom. The highest BCUT2D eigenvalue weighted by Crippen LogP contribution is 2.27. The average Bonchev–Trinajstić information content (AvgIpc) is 2.41. The molecule has 1 aromatic heterocycles. The number of hydrogen-bond donors (Lipinski definition) is 1. The molecule has 0 aromatic carbocycles. The highest BCUT2D eigenvalue weighted by atomic mass is 19.1. The van der Waals surface area contributed by atoms with Crippen LogP contribution >= 0.6 is 0 Å². The van der Waals surface area contributed by atoms with Gasteiger partial charge in [0, 0.05) is 23.9 Å². The van der Waals surface area contributed by atoms with E-state index in [1.165, 1.54) is 37.9 Å². The van der Waals surface area contributed by atoms with Crippen LogP contribution in [-0.4, -0.2) is 16.9 Å². The molecule has 0 unspecified atom stereocenters. The largest absolute Gasteiger partial charge is 0.349 e. The van der Waals surface area contributed by atoms with Gasteiger partial charge in [-0.1, -0.05) is 19.8 Å². The lowest BCUT2D eigenvalue weighted by Crippen LogP contribution is -2.37. The standard InChI is InChI=1S/C15H21FN2O/c1-2-3-11-4-6-13(7-5-11)18-15(19)12-8-9-17-14(16)10-12/h8-11,13H,2-7H2,1H3,(H,18,19). The molecule has 0 spiro atoms. The van der Waals surface area contributed by atoms with Gasteiger partial charge in [0.15, 0.2) is 0 Å². The molecular formula is C15H21FN2O. The molecule has 1 heterocycles. The molecule has 1 amide bonds. The first-order chi connectivity index (χ1) is 9.19. The Kier molecular flexibility index (Phi) is 4.88. The van der Waals surface area contributed by atoms with E-state index in [1.807, 2.05) is 0 Å². The summed E-state index contributed by atoms with van der Waals surface area (Å²) in [5.41, 5.74) is 0.350. The van der Waals surface area contributed by atoms with Gasteiger partial charge in [-0.25, -0.2) is 4.98 Å². The second-order valence-corrected chi connectivity index (χ2v) is 5.35. The van der Waals surface area contributed by atoms with Gasteiger partial charge in [0.25, 0.3) is 5.91 Å². The number of rotatable bonds is 4. The van der Waals surface area contributed by atoms with E-state index < -0.39 is 5.95 Å². The monoisotopic (exact) mass is 264 g/mol. The summed E-state index contributed by atoms with van der Waals surface area (Å²) in [6, 6.07) is 2.95. The Morgan fingerprint density at radius 1 is 1.42 bits per heavy atom. The molecule has 0 bridgehead atoms. The third-order valence-corrected chi connectivity index (χ3v) is 3.87. The minimum atomic E-state index is -0.612. The summed E-state index contributed by atoms with van der Waals surface area (Å²) in [5.74, 6) is 0.0102. The Morgan fingerprint density at radius 2 is 2.16 bits per heavy atom. The third kappa shape index (κ3) is 4.01. The van der Waals surface area contributed by atoms with Crippen LogP contribution in [0.2, 0.25) is 0 Å². The molecule has 1 saturated carbocycles. The third-order valence-electron chi connectivity index (χ3n) is 3.87. The number of pyridine rings is 1. The van der Waals surface area contributed by atoms with E-state index in [1.54, 1.807) is 6.07 Å². The molecule has 4 heteroatoms. The number of amides is 1.